The van der Waals surface area contributed by atoms with Crippen molar-refractivity contribution in [2.24, 2.45) is 0 Å². The lowest BCUT2D eigenvalue weighted by Gasteiger charge is -2.19. The second-order valence-electron chi connectivity index (χ2n) is 4.16. The predicted octanol–water partition coefficient (Wildman–Crippen LogP) is 3.11. The summed E-state index contributed by atoms with van der Waals surface area (Å²) in [7, 11) is 0. The molecule has 0 aliphatic heterocycles. The fraction of sp³-hybridized carbons (Fsp3) is 0.364. The van der Waals surface area contributed by atoms with E-state index in [1.807, 2.05) is 0 Å². The molecule has 0 unspecified atom stereocenters. The standard InChI is InChI=1S/C11H13BrO3/c1-11(2,3)15-10(14)8-5-4-7(12)6-9(8)13/h4-6,13H,1-3H3. The summed E-state index contributed by atoms with van der Waals surface area (Å²) in [6, 6.07) is 4.66. The normalized spacial score (nSPS) is 11.2. The summed E-state index contributed by atoms with van der Waals surface area (Å²) >= 11 is 3.19. The van der Waals surface area contributed by atoms with Crippen molar-refractivity contribution >= 4 is 21.9 Å². The zero-order valence-electron chi connectivity index (χ0n) is 8.87. The molecule has 4 heteroatoms. The molecule has 0 bridgehead atoms. The van der Waals surface area contributed by atoms with Crippen molar-refractivity contribution in [3.8, 4) is 5.75 Å². The highest BCUT2D eigenvalue weighted by molar-refractivity contribution is 9.10. The smallest absolute Gasteiger partial charge is 0.342 e. The molecule has 0 saturated carbocycles. The third-order valence-electron chi connectivity index (χ3n) is 1.58. The van der Waals surface area contributed by atoms with Crippen molar-refractivity contribution in [1.82, 2.24) is 0 Å². The van der Waals surface area contributed by atoms with E-state index in [1.165, 1.54) is 12.1 Å². The summed E-state index contributed by atoms with van der Waals surface area (Å²) in [4.78, 5) is 11.6. The maximum Gasteiger partial charge on any atom is 0.342 e. The number of aromatic hydroxyl groups is 1. The highest BCUT2D eigenvalue weighted by Gasteiger charge is 2.20. The molecule has 15 heavy (non-hydrogen) atoms. The minimum Gasteiger partial charge on any atom is -0.507 e. The van der Waals surface area contributed by atoms with Gasteiger partial charge >= 0.3 is 5.97 Å². The van der Waals surface area contributed by atoms with Crippen LogP contribution < -0.4 is 0 Å². The van der Waals surface area contributed by atoms with Crippen molar-refractivity contribution in [3.63, 3.8) is 0 Å². The summed E-state index contributed by atoms with van der Waals surface area (Å²) in [6.45, 7) is 5.34. The van der Waals surface area contributed by atoms with Crippen LogP contribution in [0.5, 0.6) is 5.75 Å². The molecule has 0 saturated heterocycles. The Labute approximate surface area is 97.2 Å². The zero-order chi connectivity index (χ0) is 11.6. The Hall–Kier alpha value is -1.03. The van der Waals surface area contributed by atoms with Gasteiger partial charge in [-0.3, -0.25) is 0 Å². The van der Waals surface area contributed by atoms with Crippen LogP contribution in [-0.4, -0.2) is 16.7 Å². The molecule has 0 spiro atoms. The van der Waals surface area contributed by atoms with E-state index < -0.39 is 11.6 Å². The summed E-state index contributed by atoms with van der Waals surface area (Å²) in [5, 5.41) is 9.53. The molecule has 0 aliphatic rings. The minimum absolute atomic E-state index is 0.0846. The Kier molecular flexibility index (Phi) is 3.39. The Morgan fingerprint density at radius 3 is 2.47 bits per heavy atom. The fourth-order valence-electron chi connectivity index (χ4n) is 1.01. The lowest BCUT2D eigenvalue weighted by atomic mass is 10.1. The monoisotopic (exact) mass is 272 g/mol. The quantitative estimate of drug-likeness (QED) is 0.800. The molecule has 0 heterocycles. The number of ether oxygens (including phenoxy) is 1. The van der Waals surface area contributed by atoms with Crippen molar-refractivity contribution in [1.29, 1.82) is 0 Å². The van der Waals surface area contributed by atoms with Gasteiger partial charge in [0.25, 0.3) is 0 Å². The Balaban J connectivity index is 2.92. The van der Waals surface area contributed by atoms with Crippen LogP contribution in [0.25, 0.3) is 0 Å². The molecule has 82 valence electrons. The first-order valence-corrected chi connectivity index (χ1v) is 5.31. The second kappa shape index (κ2) is 4.23. The van der Waals surface area contributed by atoms with Gasteiger partial charge in [-0.2, -0.15) is 0 Å². The van der Waals surface area contributed by atoms with Crippen LogP contribution in [0.2, 0.25) is 0 Å². The van der Waals surface area contributed by atoms with Gasteiger partial charge < -0.3 is 9.84 Å². The number of carbonyl (C=O) groups is 1. The molecule has 0 amide bonds. The SMILES string of the molecule is CC(C)(C)OC(=O)c1ccc(Br)cc1O. The predicted molar refractivity (Wildman–Crippen MR) is 61.0 cm³/mol. The molecule has 0 fully saturated rings. The van der Waals surface area contributed by atoms with E-state index in [2.05, 4.69) is 15.9 Å². The van der Waals surface area contributed by atoms with Crippen LogP contribution >= 0.6 is 15.9 Å². The van der Waals surface area contributed by atoms with E-state index in [4.69, 9.17) is 4.74 Å². The number of halogens is 1. The van der Waals surface area contributed by atoms with Gasteiger partial charge in [-0.25, -0.2) is 4.79 Å². The molecule has 1 N–H and O–H groups in total. The third-order valence-corrected chi connectivity index (χ3v) is 2.07. The summed E-state index contributed by atoms with van der Waals surface area (Å²) < 4.78 is 5.85. The number of esters is 1. The fourth-order valence-corrected chi connectivity index (χ4v) is 1.36. The first kappa shape index (κ1) is 12.0. The van der Waals surface area contributed by atoms with E-state index in [1.54, 1.807) is 26.8 Å². The molecule has 1 aromatic carbocycles. The molecule has 0 aliphatic carbocycles. The first-order valence-electron chi connectivity index (χ1n) is 4.51. The summed E-state index contributed by atoms with van der Waals surface area (Å²) in [5.41, 5.74) is -0.385. The second-order valence-corrected chi connectivity index (χ2v) is 5.08. The topological polar surface area (TPSA) is 46.5 Å². The largest absolute Gasteiger partial charge is 0.507 e. The van der Waals surface area contributed by atoms with E-state index in [0.717, 1.165) is 0 Å². The molecule has 0 atom stereocenters. The van der Waals surface area contributed by atoms with E-state index in [9.17, 15) is 9.90 Å². The van der Waals surface area contributed by atoms with Gasteiger partial charge in [0, 0.05) is 4.47 Å². The van der Waals surface area contributed by atoms with Gasteiger partial charge in [0.15, 0.2) is 0 Å². The highest BCUT2D eigenvalue weighted by atomic mass is 79.9. The van der Waals surface area contributed by atoms with Crippen LogP contribution in [0.15, 0.2) is 22.7 Å². The zero-order valence-corrected chi connectivity index (χ0v) is 10.5. The van der Waals surface area contributed by atoms with Gasteiger partial charge in [0.2, 0.25) is 0 Å². The van der Waals surface area contributed by atoms with Crippen LogP contribution in [-0.2, 0) is 4.74 Å². The van der Waals surface area contributed by atoms with Crippen molar-refractivity contribution in [2.75, 3.05) is 0 Å². The average molecular weight is 273 g/mol. The molecular formula is C11H13BrO3. The molecular weight excluding hydrogens is 260 g/mol. The molecule has 1 rings (SSSR count). The van der Waals surface area contributed by atoms with Gasteiger partial charge in [-0.1, -0.05) is 15.9 Å². The Morgan fingerprint density at radius 2 is 2.00 bits per heavy atom. The maximum atomic E-state index is 11.6. The van der Waals surface area contributed by atoms with Crippen molar-refractivity contribution in [3.05, 3.63) is 28.2 Å². The van der Waals surface area contributed by atoms with Crippen LogP contribution in [0.4, 0.5) is 0 Å². The lowest BCUT2D eigenvalue weighted by Crippen LogP contribution is -2.23. The molecule has 3 nitrogen and oxygen atoms in total. The molecule has 1 aromatic rings. The van der Waals surface area contributed by atoms with Crippen molar-refractivity contribution in [2.45, 2.75) is 26.4 Å². The van der Waals surface area contributed by atoms with Crippen LogP contribution in [0.1, 0.15) is 31.1 Å². The van der Waals surface area contributed by atoms with Crippen molar-refractivity contribution < 1.29 is 14.6 Å². The molecule has 0 aromatic heterocycles. The van der Waals surface area contributed by atoms with Gasteiger partial charge in [0.05, 0.1) is 0 Å². The number of phenolic OH excluding ortho intramolecular Hbond substituents is 1. The number of carbonyl (C=O) groups excluding carboxylic acids is 1. The number of hydrogen-bond donors (Lipinski definition) is 1. The average Bonchev–Trinajstić information content (AvgIpc) is 1.99. The summed E-state index contributed by atoms with van der Waals surface area (Å²) in [6.07, 6.45) is 0. The minimum atomic E-state index is -0.559. The molecule has 0 radical (unpaired) electrons. The maximum absolute atomic E-state index is 11.6. The highest BCUT2D eigenvalue weighted by Crippen LogP contribution is 2.24. The van der Waals surface area contributed by atoms with E-state index in [-0.39, 0.29) is 11.3 Å². The van der Waals surface area contributed by atoms with Crippen LogP contribution in [0, 0.1) is 0 Å². The number of phenols is 1. The third kappa shape index (κ3) is 3.55. The summed E-state index contributed by atoms with van der Waals surface area (Å²) in [5.74, 6) is -0.605. The first-order chi connectivity index (χ1) is 6.79. The van der Waals surface area contributed by atoms with Gasteiger partial charge in [-0.15, -0.1) is 0 Å². The van der Waals surface area contributed by atoms with Gasteiger partial charge in [0.1, 0.15) is 16.9 Å². The lowest BCUT2D eigenvalue weighted by molar-refractivity contribution is 0.00668. The Bertz CT molecular complexity index is 380. The van der Waals surface area contributed by atoms with Gasteiger partial charge in [-0.05, 0) is 39.0 Å². The number of rotatable bonds is 1. The Morgan fingerprint density at radius 1 is 1.40 bits per heavy atom. The van der Waals surface area contributed by atoms with E-state index >= 15 is 0 Å². The van der Waals surface area contributed by atoms with Crippen LogP contribution in [0.3, 0.4) is 0 Å². The van der Waals surface area contributed by atoms with E-state index in [0.29, 0.717) is 4.47 Å². The number of hydrogen-bond acceptors (Lipinski definition) is 3. The number of benzene rings is 1.